The molecule has 1 aromatic carbocycles. The molecule has 0 aliphatic heterocycles. The van der Waals surface area contributed by atoms with E-state index < -0.39 is 50.8 Å². The fourth-order valence-corrected chi connectivity index (χ4v) is 1.31. The number of hydrogen-bond donors (Lipinski definition) is 1. The molecule has 0 atom stereocenters. The molecule has 0 aromatic heterocycles. The van der Waals surface area contributed by atoms with Gasteiger partial charge in [-0.15, -0.1) is 0 Å². The minimum absolute atomic E-state index is 0.929. The average Bonchev–Trinajstić information content (AvgIpc) is 2.49. The summed E-state index contributed by atoms with van der Waals surface area (Å²) in [6.07, 6.45) is 0. The molecule has 0 heterocycles. The third-order valence-corrected chi connectivity index (χ3v) is 2.26. The van der Waals surface area contributed by atoms with E-state index in [9.17, 15) is 27.7 Å². The third kappa shape index (κ3) is 2.62. The maximum atomic E-state index is 13.6. The highest BCUT2D eigenvalue weighted by atomic mass is 19.2. The Bertz CT molecular complexity index is 813. The Hall–Kier alpha value is -3.65. The smallest absolute Gasteiger partial charge is 0.334 e. The normalized spacial score (nSPS) is 9.14. The zero-order valence-electron chi connectivity index (χ0n) is 10.1. The Balaban J connectivity index is 3.74. The first-order chi connectivity index (χ1) is 10.3. The van der Waals surface area contributed by atoms with Crippen LogP contribution in [0, 0.1) is 67.4 Å². The summed E-state index contributed by atoms with van der Waals surface area (Å²) >= 11 is 0. The average molecular weight is 311 g/mol. The highest BCUT2D eigenvalue weighted by molar-refractivity contribution is 5.69. The van der Waals surface area contributed by atoms with Gasteiger partial charge < -0.3 is 5.32 Å². The van der Waals surface area contributed by atoms with Gasteiger partial charge in [0.05, 0.1) is 4.92 Å². The minimum Gasteiger partial charge on any atom is -0.337 e. The molecule has 110 valence electrons. The Labute approximate surface area is 119 Å². The van der Waals surface area contributed by atoms with E-state index in [0.717, 1.165) is 0 Å². The van der Waals surface area contributed by atoms with Crippen LogP contribution in [0.5, 0.6) is 0 Å². The van der Waals surface area contributed by atoms with E-state index >= 15 is 0 Å². The van der Waals surface area contributed by atoms with Crippen molar-refractivity contribution in [1.29, 1.82) is 15.8 Å². The van der Waals surface area contributed by atoms with Crippen LogP contribution in [0.3, 0.4) is 0 Å². The minimum atomic E-state index is -2.42. The van der Waals surface area contributed by atoms with Crippen molar-refractivity contribution in [3.05, 3.63) is 44.7 Å². The summed E-state index contributed by atoms with van der Waals surface area (Å²) in [4.78, 5) is 9.12. The lowest BCUT2D eigenvalue weighted by Crippen LogP contribution is -2.11. The highest BCUT2D eigenvalue weighted by Crippen LogP contribution is 2.35. The van der Waals surface area contributed by atoms with E-state index in [1.165, 1.54) is 18.2 Å². The quantitative estimate of drug-likeness (QED) is 0.228. The van der Waals surface area contributed by atoms with Gasteiger partial charge >= 0.3 is 5.69 Å². The number of benzene rings is 1. The summed E-state index contributed by atoms with van der Waals surface area (Å²) < 4.78 is 53.1. The lowest BCUT2D eigenvalue weighted by Gasteiger charge is -2.09. The lowest BCUT2D eigenvalue weighted by atomic mass is 10.2. The molecule has 0 saturated carbocycles. The molecule has 11 heteroatoms. The number of nitro groups is 1. The van der Waals surface area contributed by atoms with Crippen LogP contribution in [0.4, 0.5) is 28.9 Å². The van der Waals surface area contributed by atoms with Gasteiger partial charge in [-0.05, 0) is 0 Å². The topological polar surface area (TPSA) is 127 Å². The summed E-state index contributed by atoms with van der Waals surface area (Å²) in [5.74, 6) is -9.27. The number of hydrogen-bond acceptors (Lipinski definition) is 6. The van der Waals surface area contributed by atoms with Crippen LogP contribution in [0.15, 0.2) is 11.3 Å². The Morgan fingerprint density at radius 2 is 1.45 bits per heavy atom. The molecule has 1 aromatic rings. The SMILES string of the molecule is N#CC(C#N)=C(C#N)Nc1c(F)c(F)c(F)c(F)c1[N+](=O)[O-]. The molecule has 0 aliphatic carbocycles. The van der Waals surface area contributed by atoms with Crippen LogP contribution >= 0.6 is 0 Å². The van der Waals surface area contributed by atoms with Gasteiger partial charge in [0.2, 0.25) is 11.6 Å². The van der Waals surface area contributed by atoms with Crippen LogP contribution in [-0.2, 0) is 0 Å². The molecule has 0 aliphatic rings. The number of anilines is 1. The van der Waals surface area contributed by atoms with E-state index in [2.05, 4.69) is 0 Å². The number of nitrogens with one attached hydrogen (secondary N) is 1. The summed E-state index contributed by atoms with van der Waals surface area (Å²) in [7, 11) is 0. The number of nitriles is 3. The van der Waals surface area contributed by atoms with Crippen molar-refractivity contribution < 1.29 is 22.5 Å². The van der Waals surface area contributed by atoms with Gasteiger partial charge in [0.25, 0.3) is 0 Å². The predicted molar refractivity (Wildman–Crippen MR) is 60.4 cm³/mol. The number of rotatable bonds is 3. The first-order valence-corrected chi connectivity index (χ1v) is 5.02. The summed E-state index contributed by atoms with van der Waals surface area (Å²) in [6.45, 7) is 0. The van der Waals surface area contributed by atoms with E-state index in [4.69, 9.17) is 15.8 Å². The summed E-state index contributed by atoms with van der Waals surface area (Å²) in [5.41, 5.74) is -5.28. The van der Waals surface area contributed by atoms with Gasteiger partial charge in [-0.3, -0.25) is 10.1 Å². The standard InChI is InChI=1S/C11HF4N5O2/c12-6-7(13)9(15)11(20(21)22)10(8(6)14)19-5(3-18)4(1-16)2-17/h19H. The molecule has 0 saturated heterocycles. The van der Waals surface area contributed by atoms with Crippen LogP contribution in [0.25, 0.3) is 0 Å². The van der Waals surface area contributed by atoms with E-state index in [1.807, 2.05) is 0 Å². The Kier molecular flexibility index (Phi) is 4.62. The highest BCUT2D eigenvalue weighted by Gasteiger charge is 2.33. The van der Waals surface area contributed by atoms with Gasteiger partial charge in [0, 0.05) is 0 Å². The molecular weight excluding hydrogens is 310 g/mol. The van der Waals surface area contributed by atoms with Crippen molar-refractivity contribution in [2.75, 3.05) is 5.32 Å². The number of allylic oxidation sites excluding steroid dienone is 2. The zero-order valence-corrected chi connectivity index (χ0v) is 10.1. The van der Waals surface area contributed by atoms with Gasteiger partial charge in [-0.1, -0.05) is 0 Å². The maximum absolute atomic E-state index is 13.6. The summed E-state index contributed by atoms with van der Waals surface area (Å²) in [6, 6.07) is 3.62. The Morgan fingerprint density at radius 3 is 1.86 bits per heavy atom. The number of halogens is 4. The predicted octanol–water partition coefficient (Wildman–Crippen LogP) is 2.39. The molecule has 0 unspecified atom stereocenters. The van der Waals surface area contributed by atoms with Crippen molar-refractivity contribution in [3.8, 4) is 18.2 Å². The maximum Gasteiger partial charge on any atom is 0.334 e. The third-order valence-electron chi connectivity index (χ3n) is 2.26. The number of nitro benzene ring substituents is 1. The first-order valence-electron chi connectivity index (χ1n) is 5.02. The van der Waals surface area contributed by atoms with Gasteiger partial charge in [0.15, 0.2) is 22.9 Å². The van der Waals surface area contributed by atoms with Crippen molar-refractivity contribution in [2.45, 2.75) is 0 Å². The Morgan fingerprint density at radius 1 is 0.955 bits per heavy atom. The molecule has 1 rings (SSSR count). The van der Waals surface area contributed by atoms with E-state index in [0.29, 0.717) is 0 Å². The molecule has 0 amide bonds. The molecule has 7 nitrogen and oxygen atoms in total. The van der Waals surface area contributed by atoms with Gasteiger partial charge in [-0.25, -0.2) is 13.2 Å². The second kappa shape index (κ2) is 6.20. The fraction of sp³-hybridized carbons (Fsp3) is 0. The molecular formula is C11HF4N5O2. The second-order valence-corrected chi connectivity index (χ2v) is 3.45. The van der Waals surface area contributed by atoms with Gasteiger partial charge in [0.1, 0.15) is 23.9 Å². The fourth-order valence-electron chi connectivity index (χ4n) is 1.31. The molecule has 1 N–H and O–H groups in total. The molecule has 0 bridgehead atoms. The largest absolute Gasteiger partial charge is 0.337 e. The van der Waals surface area contributed by atoms with Crippen molar-refractivity contribution in [1.82, 2.24) is 0 Å². The summed E-state index contributed by atoms with van der Waals surface area (Å²) in [5, 5.41) is 38.1. The number of nitrogens with zero attached hydrogens (tertiary/aromatic N) is 4. The molecule has 0 fully saturated rings. The molecule has 0 radical (unpaired) electrons. The monoisotopic (exact) mass is 311 g/mol. The van der Waals surface area contributed by atoms with E-state index in [-0.39, 0.29) is 0 Å². The second-order valence-electron chi connectivity index (χ2n) is 3.45. The van der Waals surface area contributed by atoms with Crippen LogP contribution < -0.4 is 5.32 Å². The lowest BCUT2D eigenvalue weighted by molar-refractivity contribution is -0.387. The molecule has 22 heavy (non-hydrogen) atoms. The van der Waals surface area contributed by atoms with Crippen molar-refractivity contribution in [2.24, 2.45) is 0 Å². The van der Waals surface area contributed by atoms with Crippen molar-refractivity contribution >= 4 is 11.4 Å². The van der Waals surface area contributed by atoms with Crippen LogP contribution in [0.2, 0.25) is 0 Å². The van der Waals surface area contributed by atoms with Crippen molar-refractivity contribution in [3.63, 3.8) is 0 Å². The van der Waals surface area contributed by atoms with E-state index in [1.54, 1.807) is 5.32 Å². The first kappa shape index (κ1) is 16.4. The zero-order chi connectivity index (χ0) is 17.0. The molecule has 0 spiro atoms. The van der Waals surface area contributed by atoms with Crippen LogP contribution in [-0.4, -0.2) is 4.92 Å². The van der Waals surface area contributed by atoms with Gasteiger partial charge in [-0.2, -0.15) is 20.2 Å². The van der Waals surface area contributed by atoms with Crippen LogP contribution in [0.1, 0.15) is 0 Å².